The number of ether oxygens (including phenoxy) is 2. The summed E-state index contributed by atoms with van der Waals surface area (Å²) in [7, 11) is -3.38. The molecule has 1 amide bonds. The van der Waals surface area contributed by atoms with Crippen molar-refractivity contribution in [2.45, 2.75) is 43.5 Å². The molecule has 0 spiro atoms. The number of amides is 1. The lowest BCUT2D eigenvalue weighted by Crippen LogP contribution is -2.46. The van der Waals surface area contributed by atoms with Gasteiger partial charge in [-0.3, -0.25) is 4.79 Å². The zero-order valence-corrected chi connectivity index (χ0v) is 17.9. The Morgan fingerprint density at radius 1 is 1.28 bits per heavy atom. The molecule has 8 nitrogen and oxygen atoms in total. The van der Waals surface area contributed by atoms with Crippen LogP contribution < -0.4 is 14.8 Å². The molecule has 0 saturated carbocycles. The summed E-state index contributed by atoms with van der Waals surface area (Å²) >= 11 is 2.93. The third-order valence-corrected chi connectivity index (χ3v) is 5.44. The van der Waals surface area contributed by atoms with Crippen LogP contribution in [0.1, 0.15) is 26.2 Å². The van der Waals surface area contributed by atoms with E-state index in [-0.39, 0.29) is 10.9 Å². The quantitative estimate of drug-likeness (QED) is 0.473. The Morgan fingerprint density at radius 2 is 1.93 bits per heavy atom. The van der Waals surface area contributed by atoms with Crippen LogP contribution in [0.4, 0.5) is 13.2 Å². The lowest BCUT2D eigenvalue weighted by molar-refractivity contribution is -0.275. The maximum absolute atomic E-state index is 12.5. The Kier molecular flexibility index (Phi) is 9.36. The van der Waals surface area contributed by atoms with Gasteiger partial charge in [0.2, 0.25) is 15.9 Å². The summed E-state index contributed by atoms with van der Waals surface area (Å²) in [6.07, 6.45) is -3.46. The van der Waals surface area contributed by atoms with Crippen molar-refractivity contribution in [1.29, 1.82) is 0 Å². The van der Waals surface area contributed by atoms with Gasteiger partial charge in [0.05, 0.1) is 13.7 Å². The van der Waals surface area contributed by atoms with Crippen molar-refractivity contribution in [2.75, 3.05) is 13.7 Å². The first-order valence-corrected chi connectivity index (χ1v) is 10.6. The summed E-state index contributed by atoms with van der Waals surface area (Å²) in [4.78, 5) is 22.9. The topological polar surface area (TPSA) is 111 Å². The van der Waals surface area contributed by atoms with Crippen LogP contribution in [0.3, 0.4) is 0 Å². The van der Waals surface area contributed by atoms with Gasteiger partial charge in [-0.2, -0.15) is 0 Å². The van der Waals surface area contributed by atoms with Crippen LogP contribution in [-0.4, -0.2) is 46.4 Å². The van der Waals surface area contributed by atoms with Gasteiger partial charge in [-0.05, 0) is 24.6 Å². The number of benzene rings is 1. The van der Waals surface area contributed by atoms with E-state index in [4.69, 9.17) is 0 Å². The normalized spacial score (nSPS) is 12.9. The molecule has 1 aromatic rings. The molecular weight excluding hydrogens is 485 g/mol. The number of alkyl halides is 3. The highest BCUT2D eigenvalue weighted by molar-refractivity contribution is 9.10. The van der Waals surface area contributed by atoms with Gasteiger partial charge in [0.15, 0.2) is 5.75 Å². The minimum atomic E-state index is -5.12. The Morgan fingerprint density at radius 3 is 2.48 bits per heavy atom. The van der Waals surface area contributed by atoms with Crippen molar-refractivity contribution in [3.05, 3.63) is 22.7 Å². The summed E-state index contributed by atoms with van der Waals surface area (Å²) in [5.74, 6) is -2.51. The highest BCUT2D eigenvalue weighted by Crippen LogP contribution is 2.32. The summed E-state index contributed by atoms with van der Waals surface area (Å²) < 4.78 is 72.7. The maximum atomic E-state index is 12.5. The Hall–Kier alpha value is -1.86. The summed E-state index contributed by atoms with van der Waals surface area (Å²) in [6, 6.07) is 1.97. The average molecular weight is 505 g/mol. The molecule has 0 bridgehead atoms. The summed E-state index contributed by atoms with van der Waals surface area (Å²) in [6.45, 7) is 1.08. The smallest absolute Gasteiger partial charge is 0.467 e. The minimum absolute atomic E-state index is 0.158. The fraction of sp³-hybridized carbons (Fsp3) is 0.500. The highest BCUT2D eigenvalue weighted by Gasteiger charge is 2.34. The van der Waals surface area contributed by atoms with Gasteiger partial charge in [0.1, 0.15) is 10.9 Å². The number of esters is 1. The minimum Gasteiger partial charge on any atom is -0.467 e. The van der Waals surface area contributed by atoms with Gasteiger partial charge in [-0.25, -0.2) is 17.9 Å². The number of hydrogen-bond acceptors (Lipinski definition) is 6. The van der Waals surface area contributed by atoms with Gasteiger partial charge in [0.25, 0.3) is 0 Å². The number of halogens is 4. The van der Waals surface area contributed by atoms with E-state index in [1.807, 2.05) is 11.6 Å². The number of carbonyl (C=O) groups is 2. The van der Waals surface area contributed by atoms with Crippen LogP contribution in [0.25, 0.3) is 0 Å². The van der Waals surface area contributed by atoms with E-state index in [1.54, 1.807) is 0 Å². The van der Waals surface area contributed by atoms with Gasteiger partial charge >= 0.3 is 12.3 Å². The fourth-order valence-corrected chi connectivity index (χ4v) is 3.62. The van der Waals surface area contributed by atoms with Gasteiger partial charge in [-0.1, -0.05) is 35.7 Å². The summed E-state index contributed by atoms with van der Waals surface area (Å²) in [5, 5.41) is 2.33. The highest BCUT2D eigenvalue weighted by atomic mass is 79.9. The first-order valence-electron chi connectivity index (χ1n) is 8.31. The Bertz CT molecular complexity index is 832. The van der Waals surface area contributed by atoms with Crippen LogP contribution in [0.2, 0.25) is 0 Å². The molecule has 0 radical (unpaired) electrons. The SMILES string of the molecule is CCCCC(NC(=O)CNS(=O)(=O)c1ccc(Br)cc1OC(F)(F)F)C(=O)OC. The number of carbonyl (C=O) groups excluding carboxylic acids is 2. The molecular formula is C16H20BrF3N2O6S. The molecule has 0 fully saturated rings. The second-order valence-corrected chi connectivity index (χ2v) is 8.40. The van der Waals surface area contributed by atoms with E-state index in [0.29, 0.717) is 6.42 Å². The maximum Gasteiger partial charge on any atom is 0.573 e. The number of rotatable bonds is 10. The number of nitrogens with one attached hydrogen (secondary N) is 2. The van der Waals surface area contributed by atoms with Crippen LogP contribution in [0.5, 0.6) is 5.75 Å². The van der Waals surface area contributed by atoms with E-state index in [9.17, 15) is 31.2 Å². The van der Waals surface area contributed by atoms with Crippen molar-refractivity contribution < 1.29 is 40.7 Å². The zero-order chi connectivity index (χ0) is 22.2. The molecule has 0 aromatic heterocycles. The molecule has 0 aliphatic heterocycles. The number of hydrogen-bond donors (Lipinski definition) is 2. The molecule has 0 aliphatic carbocycles. The lowest BCUT2D eigenvalue weighted by atomic mass is 10.1. The van der Waals surface area contributed by atoms with Crippen LogP contribution in [0, 0.1) is 0 Å². The lowest BCUT2D eigenvalue weighted by Gasteiger charge is -2.17. The predicted octanol–water partition coefficient (Wildman–Crippen LogP) is 2.47. The number of unbranched alkanes of at least 4 members (excludes halogenated alkanes) is 1. The molecule has 0 heterocycles. The standard InChI is InChI=1S/C16H20BrF3N2O6S/c1-3-4-5-11(15(24)27-2)22-14(23)9-21-29(25,26)13-7-6-10(17)8-12(13)28-16(18,19)20/h6-8,11,21H,3-5,9H2,1-2H3,(H,22,23). The molecule has 1 rings (SSSR count). The average Bonchev–Trinajstić information content (AvgIpc) is 2.61. The fourth-order valence-electron chi connectivity index (χ4n) is 2.19. The van der Waals surface area contributed by atoms with E-state index in [1.165, 1.54) is 6.07 Å². The Balaban J connectivity index is 2.90. The van der Waals surface area contributed by atoms with Crippen molar-refractivity contribution >= 4 is 37.8 Å². The first kappa shape index (κ1) is 25.2. The first-order chi connectivity index (χ1) is 13.4. The van der Waals surface area contributed by atoms with Crippen molar-refractivity contribution in [1.82, 2.24) is 10.0 Å². The number of sulfonamides is 1. The van der Waals surface area contributed by atoms with Crippen molar-refractivity contribution in [2.24, 2.45) is 0 Å². The monoisotopic (exact) mass is 504 g/mol. The third-order valence-electron chi connectivity index (χ3n) is 3.51. The molecule has 0 aliphatic rings. The second-order valence-electron chi connectivity index (χ2n) is 5.75. The van der Waals surface area contributed by atoms with Gasteiger partial charge < -0.3 is 14.8 Å². The molecule has 1 aromatic carbocycles. The van der Waals surface area contributed by atoms with Crippen LogP contribution in [-0.2, 0) is 24.3 Å². The predicted molar refractivity (Wildman–Crippen MR) is 99.5 cm³/mol. The molecule has 29 heavy (non-hydrogen) atoms. The van der Waals surface area contributed by atoms with E-state index >= 15 is 0 Å². The molecule has 164 valence electrons. The van der Waals surface area contributed by atoms with Crippen molar-refractivity contribution in [3.8, 4) is 5.75 Å². The molecule has 1 atom stereocenters. The van der Waals surface area contributed by atoms with Crippen LogP contribution >= 0.6 is 15.9 Å². The van der Waals surface area contributed by atoms with E-state index in [2.05, 4.69) is 30.7 Å². The van der Waals surface area contributed by atoms with E-state index < -0.39 is 51.5 Å². The number of methoxy groups -OCH3 is 1. The van der Waals surface area contributed by atoms with Gasteiger partial charge in [0, 0.05) is 4.47 Å². The molecule has 0 saturated heterocycles. The molecule has 13 heteroatoms. The third kappa shape index (κ3) is 8.58. The molecule has 1 unspecified atom stereocenters. The van der Waals surface area contributed by atoms with Crippen molar-refractivity contribution in [3.63, 3.8) is 0 Å². The molecule has 2 N–H and O–H groups in total. The Labute approximate surface area is 174 Å². The van der Waals surface area contributed by atoms with Crippen LogP contribution in [0.15, 0.2) is 27.6 Å². The zero-order valence-electron chi connectivity index (χ0n) is 15.5. The largest absolute Gasteiger partial charge is 0.573 e. The summed E-state index contributed by atoms with van der Waals surface area (Å²) in [5.41, 5.74) is 0. The van der Waals surface area contributed by atoms with Gasteiger partial charge in [-0.15, -0.1) is 13.2 Å². The van der Waals surface area contributed by atoms with E-state index in [0.717, 1.165) is 25.7 Å². The second kappa shape index (κ2) is 10.8.